The first-order valence-corrected chi connectivity index (χ1v) is 8.73. The Labute approximate surface area is 142 Å². The summed E-state index contributed by atoms with van der Waals surface area (Å²) in [7, 11) is 0. The molecule has 0 spiro atoms. The topological polar surface area (TPSA) is 21.3 Å². The number of ether oxygens (including phenoxy) is 1. The highest BCUT2D eigenvalue weighted by molar-refractivity contribution is 5.32. The molecule has 0 aromatic heterocycles. The lowest BCUT2D eigenvalue weighted by molar-refractivity contribution is 0.102. The molecule has 1 N–H and O–H groups in total. The Kier molecular flexibility index (Phi) is 9.58. The first-order chi connectivity index (χ1) is 11.0. The minimum Gasteiger partial charge on any atom is -0.375 e. The van der Waals surface area contributed by atoms with E-state index >= 15 is 0 Å². The van der Waals surface area contributed by atoms with E-state index in [1.165, 1.54) is 22.3 Å². The fraction of sp³-hybridized carbons (Fsp3) is 0.524. The smallest absolute Gasteiger partial charge is 0.0656 e. The summed E-state index contributed by atoms with van der Waals surface area (Å²) < 4.78 is 5.60. The molecule has 0 radical (unpaired) electrons. The second kappa shape index (κ2) is 11.2. The molecule has 0 aliphatic rings. The summed E-state index contributed by atoms with van der Waals surface area (Å²) in [6, 6.07) is 6.52. The molecule has 0 bridgehead atoms. The highest BCUT2D eigenvalue weighted by Crippen LogP contribution is 2.12. The fourth-order valence-electron chi connectivity index (χ4n) is 2.46. The van der Waals surface area contributed by atoms with Gasteiger partial charge >= 0.3 is 0 Å². The molecule has 1 aromatic carbocycles. The van der Waals surface area contributed by atoms with E-state index in [0.717, 1.165) is 25.9 Å². The van der Waals surface area contributed by atoms with Gasteiger partial charge in [-0.15, -0.1) is 0 Å². The van der Waals surface area contributed by atoms with Crippen LogP contribution in [-0.2, 0) is 11.3 Å². The van der Waals surface area contributed by atoms with Crippen LogP contribution in [0.5, 0.6) is 0 Å². The van der Waals surface area contributed by atoms with Gasteiger partial charge in [-0.2, -0.15) is 0 Å². The van der Waals surface area contributed by atoms with Crippen LogP contribution in [0.25, 0.3) is 0 Å². The minimum atomic E-state index is 0.289. The van der Waals surface area contributed by atoms with Crippen LogP contribution in [-0.4, -0.2) is 19.3 Å². The number of allylic oxidation sites excluding steroid dienone is 3. The number of rotatable bonds is 10. The van der Waals surface area contributed by atoms with E-state index in [1.54, 1.807) is 0 Å². The zero-order valence-corrected chi connectivity index (χ0v) is 15.5. The number of hydrogen-bond donors (Lipinski definition) is 1. The van der Waals surface area contributed by atoms with Gasteiger partial charge in [0, 0.05) is 6.54 Å². The van der Waals surface area contributed by atoms with Crippen LogP contribution in [0.4, 0.5) is 0 Å². The molecule has 1 rings (SSSR count). The van der Waals surface area contributed by atoms with Crippen LogP contribution in [0.15, 0.2) is 42.0 Å². The first-order valence-electron chi connectivity index (χ1n) is 8.73. The Hall–Kier alpha value is -1.38. The normalized spacial score (nSPS) is 12.5. The molecule has 1 aromatic rings. The van der Waals surface area contributed by atoms with Gasteiger partial charge in [0.1, 0.15) is 0 Å². The van der Waals surface area contributed by atoms with Gasteiger partial charge in [-0.25, -0.2) is 0 Å². The Bertz CT molecular complexity index is 515. The molecule has 0 fully saturated rings. The predicted molar refractivity (Wildman–Crippen MR) is 101 cm³/mol. The predicted octanol–water partition coefficient (Wildman–Crippen LogP) is 5.10. The molecule has 0 saturated heterocycles. The van der Waals surface area contributed by atoms with Crippen molar-refractivity contribution in [3.05, 3.63) is 58.7 Å². The Balaban J connectivity index is 2.32. The second-order valence-corrected chi connectivity index (χ2v) is 6.30. The number of nitrogens with one attached hydrogen (secondary N) is 1. The maximum atomic E-state index is 5.60. The molecule has 2 nitrogen and oxygen atoms in total. The third kappa shape index (κ3) is 8.15. The van der Waals surface area contributed by atoms with E-state index in [4.69, 9.17) is 4.74 Å². The number of benzene rings is 1. The second-order valence-electron chi connectivity index (χ2n) is 6.30. The summed E-state index contributed by atoms with van der Waals surface area (Å²) in [6.07, 6.45) is 9.01. The van der Waals surface area contributed by atoms with Crippen molar-refractivity contribution in [3.63, 3.8) is 0 Å². The molecule has 128 valence electrons. The lowest BCUT2D eigenvalue weighted by atomic mass is 10.0. The quantitative estimate of drug-likeness (QED) is 0.479. The molecular weight excluding hydrogens is 282 g/mol. The SMILES string of the molecule is C/C=C\C(=C/COC(C)C)CCCNCc1cccc(C)c1C. The summed E-state index contributed by atoms with van der Waals surface area (Å²) in [5.74, 6) is 0. The van der Waals surface area contributed by atoms with Gasteiger partial charge < -0.3 is 10.1 Å². The molecule has 2 heteroatoms. The molecule has 0 amide bonds. The highest BCUT2D eigenvalue weighted by Gasteiger charge is 2.00. The van der Waals surface area contributed by atoms with E-state index in [0.29, 0.717) is 6.61 Å². The van der Waals surface area contributed by atoms with Crippen LogP contribution in [0.3, 0.4) is 0 Å². The number of aryl methyl sites for hydroxylation is 1. The molecule has 23 heavy (non-hydrogen) atoms. The third-order valence-electron chi connectivity index (χ3n) is 4.01. The Morgan fingerprint density at radius 3 is 2.74 bits per heavy atom. The molecule has 0 aliphatic heterocycles. The van der Waals surface area contributed by atoms with Crippen molar-refractivity contribution in [2.45, 2.75) is 60.1 Å². The molecule has 0 aliphatic carbocycles. The van der Waals surface area contributed by atoms with E-state index in [-0.39, 0.29) is 6.10 Å². The highest BCUT2D eigenvalue weighted by atomic mass is 16.5. The zero-order valence-electron chi connectivity index (χ0n) is 15.5. The van der Waals surface area contributed by atoms with Crippen molar-refractivity contribution in [2.75, 3.05) is 13.2 Å². The molecule has 0 unspecified atom stereocenters. The van der Waals surface area contributed by atoms with Crippen molar-refractivity contribution < 1.29 is 4.74 Å². The van der Waals surface area contributed by atoms with E-state index in [1.807, 2.05) is 0 Å². The molecular formula is C21H33NO. The van der Waals surface area contributed by atoms with Gasteiger partial charge in [0.25, 0.3) is 0 Å². The average Bonchev–Trinajstić information content (AvgIpc) is 2.50. The monoisotopic (exact) mass is 315 g/mol. The summed E-state index contributed by atoms with van der Waals surface area (Å²) >= 11 is 0. The van der Waals surface area contributed by atoms with Crippen LogP contribution in [0.1, 0.15) is 50.3 Å². The third-order valence-corrected chi connectivity index (χ3v) is 4.01. The van der Waals surface area contributed by atoms with Gasteiger partial charge in [0.15, 0.2) is 0 Å². The van der Waals surface area contributed by atoms with Gasteiger partial charge in [-0.1, -0.05) is 42.0 Å². The fourth-order valence-corrected chi connectivity index (χ4v) is 2.46. The first kappa shape index (κ1) is 19.7. The Morgan fingerprint density at radius 2 is 2.04 bits per heavy atom. The molecule has 0 heterocycles. The van der Waals surface area contributed by atoms with Crippen molar-refractivity contribution in [1.82, 2.24) is 5.32 Å². The van der Waals surface area contributed by atoms with Crippen LogP contribution in [0.2, 0.25) is 0 Å². The Morgan fingerprint density at radius 1 is 1.26 bits per heavy atom. The summed E-state index contributed by atoms with van der Waals surface area (Å²) in [6.45, 7) is 13.3. The van der Waals surface area contributed by atoms with Crippen molar-refractivity contribution in [1.29, 1.82) is 0 Å². The van der Waals surface area contributed by atoms with Crippen LogP contribution >= 0.6 is 0 Å². The van der Waals surface area contributed by atoms with Crippen LogP contribution in [0, 0.1) is 13.8 Å². The van der Waals surface area contributed by atoms with Gasteiger partial charge in [-0.3, -0.25) is 0 Å². The van der Waals surface area contributed by atoms with E-state index in [9.17, 15) is 0 Å². The van der Waals surface area contributed by atoms with Gasteiger partial charge in [0.2, 0.25) is 0 Å². The van der Waals surface area contributed by atoms with Crippen molar-refractivity contribution >= 4 is 0 Å². The summed E-state index contributed by atoms with van der Waals surface area (Å²) in [5, 5.41) is 3.56. The van der Waals surface area contributed by atoms with Gasteiger partial charge in [-0.05, 0) is 70.7 Å². The molecule has 0 saturated carbocycles. The van der Waals surface area contributed by atoms with Crippen molar-refractivity contribution in [3.8, 4) is 0 Å². The molecule has 0 atom stereocenters. The standard InChI is InChI=1S/C21H33NO/c1-6-9-20(13-15-23-17(2)3)11-8-14-22-16-21-12-7-10-18(4)19(21)5/h6-7,9-10,12-13,17,22H,8,11,14-16H2,1-5H3/b9-6-,20-13+. The van der Waals surface area contributed by atoms with Gasteiger partial charge in [0.05, 0.1) is 12.7 Å². The lowest BCUT2D eigenvalue weighted by Gasteiger charge is -2.10. The number of hydrogen-bond acceptors (Lipinski definition) is 2. The van der Waals surface area contributed by atoms with Crippen molar-refractivity contribution in [2.24, 2.45) is 0 Å². The zero-order chi connectivity index (χ0) is 17.1. The van der Waals surface area contributed by atoms with E-state index in [2.05, 4.69) is 76.4 Å². The lowest BCUT2D eigenvalue weighted by Crippen LogP contribution is -2.15. The maximum Gasteiger partial charge on any atom is 0.0656 e. The largest absolute Gasteiger partial charge is 0.375 e. The summed E-state index contributed by atoms with van der Waals surface area (Å²) in [5.41, 5.74) is 5.54. The average molecular weight is 316 g/mol. The van der Waals surface area contributed by atoms with E-state index < -0.39 is 0 Å². The van der Waals surface area contributed by atoms with Crippen LogP contribution < -0.4 is 5.32 Å². The maximum absolute atomic E-state index is 5.60. The summed E-state index contributed by atoms with van der Waals surface area (Å²) in [4.78, 5) is 0. The minimum absolute atomic E-state index is 0.289.